The van der Waals surface area contributed by atoms with Gasteiger partial charge in [0.05, 0.1) is 12.2 Å². The van der Waals surface area contributed by atoms with Crippen molar-refractivity contribution < 1.29 is 18.0 Å². The minimum Gasteiger partial charge on any atom is -0.493 e. The highest BCUT2D eigenvalue weighted by Gasteiger charge is 2.29. The summed E-state index contributed by atoms with van der Waals surface area (Å²) < 4.78 is 23.4. The summed E-state index contributed by atoms with van der Waals surface area (Å²) in [5.74, 6) is 0.727. The summed E-state index contributed by atoms with van der Waals surface area (Å²) in [5.41, 5.74) is 2.64. The van der Waals surface area contributed by atoms with Crippen LogP contribution in [0.5, 0.6) is 5.75 Å². The quantitative estimate of drug-likeness (QED) is 0.114. The normalized spacial score (nSPS) is 11.8. The molecule has 3 rings (SSSR count). The van der Waals surface area contributed by atoms with Crippen LogP contribution in [0.25, 0.3) is 22.1 Å². The predicted octanol–water partition coefficient (Wildman–Crippen LogP) is 7.28. The number of pyridine rings is 1. The zero-order valence-electron chi connectivity index (χ0n) is 22.3. The van der Waals surface area contributed by atoms with Crippen molar-refractivity contribution >= 4 is 19.5 Å². The molecule has 0 unspecified atom stereocenters. The molecule has 0 saturated heterocycles. The SMILES string of the molecule is CCO[Si](C)(CCCCCCCCOc1ccc2cc(-c3cnccc3CC)c(=O)oc2c1)OCC. The summed E-state index contributed by atoms with van der Waals surface area (Å²) in [6.07, 6.45) is 11.3. The van der Waals surface area contributed by atoms with Crippen LogP contribution in [0.3, 0.4) is 0 Å². The standard InChI is InChI=1S/C29H41NO5Si/c1-5-23-16-17-30-22-27(23)26-20-24-14-15-25(21-28(24)35-29(26)31)32-18-12-10-8-9-11-13-19-36(4,33-6-2)34-7-3/h14-17,20-22H,5-13,18-19H2,1-4H3. The van der Waals surface area contributed by atoms with Crippen molar-refractivity contribution in [1.82, 2.24) is 4.98 Å². The Hall–Kier alpha value is -2.48. The Kier molecular flexibility index (Phi) is 11.2. The fourth-order valence-electron chi connectivity index (χ4n) is 4.59. The van der Waals surface area contributed by atoms with E-state index in [-0.39, 0.29) is 5.63 Å². The molecule has 0 fully saturated rings. The molecule has 1 aromatic carbocycles. The largest absolute Gasteiger partial charge is 0.493 e. The van der Waals surface area contributed by atoms with Gasteiger partial charge in [-0.3, -0.25) is 4.98 Å². The maximum atomic E-state index is 12.7. The zero-order valence-corrected chi connectivity index (χ0v) is 23.3. The van der Waals surface area contributed by atoms with E-state index in [1.165, 1.54) is 25.7 Å². The number of fused-ring (bicyclic) bond motifs is 1. The number of hydrogen-bond donors (Lipinski definition) is 0. The van der Waals surface area contributed by atoms with Gasteiger partial charge in [0.1, 0.15) is 11.3 Å². The van der Waals surface area contributed by atoms with Gasteiger partial charge in [-0.15, -0.1) is 0 Å². The molecule has 2 heterocycles. The number of aryl methyl sites for hydroxylation is 1. The van der Waals surface area contributed by atoms with Crippen LogP contribution in [0.4, 0.5) is 0 Å². The Morgan fingerprint density at radius 1 is 0.889 bits per heavy atom. The second-order valence-corrected chi connectivity index (χ2v) is 12.6. The third-order valence-corrected chi connectivity index (χ3v) is 9.54. The van der Waals surface area contributed by atoms with Gasteiger partial charge >= 0.3 is 14.2 Å². The highest BCUT2D eigenvalue weighted by atomic mass is 28.4. The molecule has 0 spiro atoms. The van der Waals surface area contributed by atoms with Crippen molar-refractivity contribution in [3.05, 3.63) is 58.7 Å². The molecule has 36 heavy (non-hydrogen) atoms. The Balaban J connectivity index is 1.43. The Labute approximate surface area is 216 Å². The minimum absolute atomic E-state index is 0.354. The van der Waals surface area contributed by atoms with Gasteiger partial charge < -0.3 is 18.0 Å². The second kappa shape index (κ2) is 14.3. The molecule has 0 bridgehead atoms. The first kappa shape index (κ1) is 28.1. The zero-order chi connectivity index (χ0) is 25.8. The Morgan fingerprint density at radius 3 is 2.33 bits per heavy atom. The fourth-order valence-corrected chi connectivity index (χ4v) is 7.07. The Morgan fingerprint density at radius 2 is 1.61 bits per heavy atom. The molecule has 2 aromatic heterocycles. The number of hydrogen-bond acceptors (Lipinski definition) is 6. The van der Waals surface area contributed by atoms with Crippen molar-refractivity contribution in [3.63, 3.8) is 0 Å². The summed E-state index contributed by atoms with van der Waals surface area (Å²) in [5, 5.41) is 0.871. The average Bonchev–Trinajstić information content (AvgIpc) is 2.87. The molecule has 0 radical (unpaired) electrons. The first-order valence-corrected chi connectivity index (χ1v) is 15.9. The molecule has 0 atom stereocenters. The van der Waals surface area contributed by atoms with Crippen molar-refractivity contribution in [2.45, 2.75) is 78.3 Å². The Bertz CT molecular complexity index is 1140. The van der Waals surface area contributed by atoms with Crippen LogP contribution in [-0.4, -0.2) is 33.4 Å². The molecular weight excluding hydrogens is 470 g/mol. The van der Waals surface area contributed by atoms with E-state index in [1.807, 2.05) is 44.2 Å². The lowest BCUT2D eigenvalue weighted by Crippen LogP contribution is -2.38. The van der Waals surface area contributed by atoms with E-state index in [0.29, 0.717) is 17.8 Å². The van der Waals surface area contributed by atoms with Gasteiger partial charge in [0.2, 0.25) is 0 Å². The van der Waals surface area contributed by atoms with Crippen LogP contribution in [0.15, 0.2) is 51.9 Å². The molecule has 0 amide bonds. The van der Waals surface area contributed by atoms with Gasteiger partial charge in [-0.1, -0.05) is 39.0 Å². The van der Waals surface area contributed by atoms with Crippen LogP contribution in [0.2, 0.25) is 12.6 Å². The molecular formula is C29H41NO5Si. The lowest BCUT2D eigenvalue weighted by atomic mass is 10.0. The van der Waals surface area contributed by atoms with Gasteiger partial charge in [0.25, 0.3) is 0 Å². The number of unbranched alkanes of at least 4 members (excludes halogenated alkanes) is 5. The summed E-state index contributed by atoms with van der Waals surface area (Å²) in [4.78, 5) is 16.9. The topological polar surface area (TPSA) is 70.8 Å². The molecule has 7 heteroatoms. The number of ether oxygens (including phenoxy) is 1. The van der Waals surface area contributed by atoms with Crippen LogP contribution in [-0.2, 0) is 15.3 Å². The first-order chi connectivity index (χ1) is 17.5. The van der Waals surface area contributed by atoms with Gasteiger partial charge in [0.15, 0.2) is 0 Å². The van der Waals surface area contributed by atoms with Gasteiger partial charge in [-0.2, -0.15) is 0 Å². The second-order valence-electron chi connectivity index (χ2n) is 9.25. The molecule has 0 aliphatic rings. The van der Waals surface area contributed by atoms with E-state index in [9.17, 15) is 4.79 Å². The van der Waals surface area contributed by atoms with Crippen LogP contribution >= 0.6 is 0 Å². The molecule has 6 nitrogen and oxygen atoms in total. The van der Waals surface area contributed by atoms with E-state index in [4.69, 9.17) is 18.0 Å². The maximum Gasteiger partial charge on any atom is 0.344 e. The number of benzene rings is 1. The van der Waals surface area contributed by atoms with Gasteiger partial charge in [-0.25, -0.2) is 4.79 Å². The third-order valence-electron chi connectivity index (χ3n) is 6.48. The smallest absolute Gasteiger partial charge is 0.344 e. The average molecular weight is 512 g/mol. The molecule has 0 saturated carbocycles. The van der Waals surface area contributed by atoms with Crippen LogP contribution in [0.1, 0.15) is 64.9 Å². The first-order valence-electron chi connectivity index (χ1n) is 13.4. The number of aromatic nitrogens is 1. The van der Waals surface area contributed by atoms with Crippen molar-refractivity contribution in [1.29, 1.82) is 0 Å². The summed E-state index contributed by atoms with van der Waals surface area (Å²) in [6.45, 7) is 10.5. The summed E-state index contributed by atoms with van der Waals surface area (Å²) in [7, 11) is -1.97. The predicted molar refractivity (Wildman–Crippen MR) is 148 cm³/mol. The lowest BCUT2D eigenvalue weighted by Gasteiger charge is -2.25. The highest BCUT2D eigenvalue weighted by Crippen LogP contribution is 2.26. The van der Waals surface area contributed by atoms with Gasteiger partial charge in [0, 0.05) is 42.6 Å². The van der Waals surface area contributed by atoms with Crippen molar-refractivity contribution in [2.24, 2.45) is 0 Å². The maximum absolute atomic E-state index is 12.7. The van der Waals surface area contributed by atoms with E-state index in [0.717, 1.165) is 60.8 Å². The van der Waals surface area contributed by atoms with Crippen molar-refractivity contribution in [3.8, 4) is 16.9 Å². The van der Waals surface area contributed by atoms with E-state index in [2.05, 4.69) is 18.5 Å². The van der Waals surface area contributed by atoms with E-state index >= 15 is 0 Å². The summed E-state index contributed by atoms with van der Waals surface area (Å²) in [6, 6.07) is 10.6. The van der Waals surface area contributed by atoms with E-state index < -0.39 is 8.56 Å². The minimum atomic E-state index is -1.97. The van der Waals surface area contributed by atoms with Crippen molar-refractivity contribution in [2.75, 3.05) is 19.8 Å². The van der Waals surface area contributed by atoms with Crippen LogP contribution < -0.4 is 10.4 Å². The molecule has 0 N–H and O–H groups in total. The van der Waals surface area contributed by atoms with Crippen LogP contribution in [0, 0.1) is 0 Å². The molecule has 3 aromatic rings. The molecule has 0 aliphatic carbocycles. The number of rotatable bonds is 16. The number of nitrogens with zero attached hydrogens (tertiary/aromatic N) is 1. The third kappa shape index (κ3) is 8.01. The fraction of sp³-hybridized carbons (Fsp3) is 0.517. The monoisotopic (exact) mass is 511 g/mol. The lowest BCUT2D eigenvalue weighted by molar-refractivity contribution is 0.188. The highest BCUT2D eigenvalue weighted by molar-refractivity contribution is 6.66. The van der Waals surface area contributed by atoms with E-state index in [1.54, 1.807) is 12.4 Å². The summed E-state index contributed by atoms with van der Waals surface area (Å²) >= 11 is 0. The molecule has 0 aliphatic heterocycles. The molecule has 196 valence electrons. The van der Waals surface area contributed by atoms with Gasteiger partial charge in [-0.05, 0) is 69.1 Å².